The Kier molecular flexibility index (Phi) is 6.91. The van der Waals surface area contributed by atoms with Crippen LogP contribution in [0.25, 0.3) is 0 Å². The first kappa shape index (κ1) is 15.7. The second-order valence-corrected chi connectivity index (χ2v) is 6.78. The highest BCUT2D eigenvalue weighted by atomic mass is 16.1. The molecule has 0 unspecified atom stereocenters. The van der Waals surface area contributed by atoms with Crippen molar-refractivity contribution in [1.82, 2.24) is 4.90 Å². The number of rotatable bonds is 7. The quantitative estimate of drug-likeness (QED) is 0.688. The lowest BCUT2D eigenvalue weighted by Gasteiger charge is -2.28. The van der Waals surface area contributed by atoms with Crippen LogP contribution in [-0.2, 0) is 4.79 Å². The van der Waals surface area contributed by atoms with E-state index in [0.717, 1.165) is 25.9 Å². The van der Waals surface area contributed by atoms with Crippen molar-refractivity contribution in [3.63, 3.8) is 0 Å². The summed E-state index contributed by atoms with van der Waals surface area (Å²) >= 11 is 0. The van der Waals surface area contributed by atoms with Gasteiger partial charge in [0.2, 0.25) is 0 Å². The monoisotopic (exact) mass is 253 g/mol. The number of carbonyl (C=O) groups is 1. The van der Waals surface area contributed by atoms with E-state index in [-0.39, 0.29) is 0 Å². The van der Waals surface area contributed by atoms with Gasteiger partial charge in [-0.05, 0) is 24.7 Å². The Morgan fingerprint density at radius 3 is 1.94 bits per heavy atom. The molecule has 1 saturated carbocycles. The van der Waals surface area contributed by atoms with E-state index in [1.54, 1.807) is 0 Å². The number of carbonyl (C=O) groups excluding carboxylic acids is 1. The molecule has 1 aliphatic carbocycles. The molecule has 0 N–H and O–H groups in total. The first-order chi connectivity index (χ1) is 8.49. The number of nitrogens with zero attached hydrogens (tertiary/aromatic N) is 1. The minimum absolute atomic E-state index is 0.362. The van der Waals surface area contributed by atoms with E-state index in [2.05, 4.69) is 32.6 Å². The molecule has 0 bridgehead atoms. The summed E-state index contributed by atoms with van der Waals surface area (Å²) in [6.45, 7) is 11.7. The van der Waals surface area contributed by atoms with E-state index in [0.29, 0.717) is 30.1 Å². The van der Waals surface area contributed by atoms with Gasteiger partial charge in [0.25, 0.3) is 0 Å². The summed E-state index contributed by atoms with van der Waals surface area (Å²) < 4.78 is 0. The molecular weight excluding hydrogens is 222 g/mol. The Labute approximate surface area is 113 Å². The highest BCUT2D eigenvalue weighted by Crippen LogP contribution is 2.24. The molecule has 0 saturated heterocycles. The van der Waals surface area contributed by atoms with Gasteiger partial charge >= 0.3 is 0 Å². The fourth-order valence-electron chi connectivity index (χ4n) is 3.01. The van der Waals surface area contributed by atoms with Crippen LogP contribution in [0, 0.1) is 17.8 Å². The molecule has 0 amide bonds. The molecule has 1 aliphatic rings. The summed E-state index contributed by atoms with van der Waals surface area (Å²) in [6.07, 6.45) is 6.10. The molecule has 1 rings (SSSR count). The molecule has 1 fully saturated rings. The topological polar surface area (TPSA) is 20.3 Å². The smallest absolute Gasteiger partial charge is 0.149 e. The summed E-state index contributed by atoms with van der Waals surface area (Å²) in [5, 5.41) is 0. The third-order valence-electron chi connectivity index (χ3n) is 3.69. The Balaban J connectivity index is 2.44. The van der Waals surface area contributed by atoms with Gasteiger partial charge in [-0.1, -0.05) is 47.0 Å². The molecule has 0 heterocycles. The maximum atomic E-state index is 12.3. The van der Waals surface area contributed by atoms with Gasteiger partial charge in [0.1, 0.15) is 5.78 Å². The average molecular weight is 253 g/mol. The molecule has 2 nitrogen and oxygen atoms in total. The molecule has 106 valence electrons. The van der Waals surface area contributed by atoms with E-state index in [1.165, 1.54) is 19.3 Å². The molecule has 2 heteroatoms. The fraction of sp³-hybridized carbons (Fsp3) is 0.938. The van der Waals surface area contributed by atoms with Crippen molar-refractivity contribution in [3.05, 3.63) is 0 Å². The molecular formula is C16H31NO. The van der Waals surface area contributed by atoms with Crippen LogP contribution in [0.15, 0.2) is 0 Å². The van der Waals surface area contributed by atoms with Gasteiger partial charge in [-0.25, -0.2) is 0 Å². The number of ketones is 1. The molecule has 0 aromatic heterocycles. The molecule has 0 spiro atoms. The van der Waals surface area contributed by atoms with Crippen molar-refractivity contribution >= 4 is 5.78 Å². The van der Waals surface area contributed by atoms with Gasteiger partial charge in [-0.15, -0.1) is 0 Å². The van der Waals surface area contributed by atoms with E-state index >= 15 is 0 Å². The van der Waals surface area contributed by atoms with Crippen LogP contribution in [0.4, 0.5) is 0 Å². The van der Waals surface area contributed by atoms with Crippen LogP contribution in [0.3, 0.4) is 0 Å². The molecule has 0 atom stereocenters. The minimum atomic E-state index is 0.362. The van der Waals surface area contributed by atoms with Crippen LogP contribution in [-0.4, -0.2) is 30.3 Å². The lowest BCUT2D eigenvalue weighted by molar-refractivity contribution is -0.125. The zero-order valence-corrected chi connectivity index (χ0v) is 12.7. The maximum absolute atomic E-state index is 12.3. The second kappa shape index (κ2) is 7.93. The van der Waals surface area contributed by atoms with Crippen LogP contribution in [0.1, 0.15) is 59.8 Å². The van der Waals surface area contributed by atoms with E-state index in [4.69, 9.17) is 0 Å². The van der Waals surface area contributed by atoms with Crippen LogP contribution in [0.2, 0.25) is 0 Å². The van der Waals surface area contributed by atoms with Gasteiger partial charge in [-0.2, -0.15) is 0 Å². The summed E-state index contributed by atoms with van der Waals surface area (Å²) in [5.74, 6) is 2.14. The van der Waals surface area contributed by atoms with Crippen LogP contribution < -0.4 is 0 Å². The van der Waals surface area contributed by atoms with Gasteiger partial charge in [0, 0.05) is 19.0 Å². The van der Waals surface area contributed by atoms with Gasteiger partial charge in [0.05, 0.1) is 6.54 Å². The fourth-order valence-corrected chi connectivity index (χ4v) is 3.01. The van der Waals surface area contributed by atoms with Crippen LogP contribution >= 0.6 is 0 Å². The van der Waals surface area contributed by atoms with Gasteiger partial charge in [-0.3, -0.25) is 9.69 Å². The summed E-state index contributed by atoms with van der Waals surface area (Å²) in [6, 6.07) is 0. The average Bonchev–Trinajstić information content (AvgIpc) is 2.28. The molecule has 0 aromatic carbocycles. The van der Waals surface area contributed by atoms with Crippen molar-refractivity contribution < 1.29 is 4.79 Å². The third-order valence-corrected chi connectivity index (χ3v) is 3.69. The summed E-state index contributed by atoms with van der Waals surface area (Å²) in [5.41, 5.74) is 0. The van der Waals surface area contributed by atoms with Crippen LogP contribution in [0.5, 0.6) is 0 Å². The van der Waals surface area contributed by atoms with Crippen molar-refractivity contribution in [2.24, 2.45) is 17.8 Å². The Bertz CT molecular complexity index is 231. The highest BCUT2D eigenvalue weighted by molar-refractivity contribution is 5.83. The maximum Gasteiger partial charge on any atom is 0.149 e. The zero-order valence-electron chi connectivity index (χ0n) is 12.7. The van der Waals surface area contributed by atoms with Crippen molar-refractivity contribution in [2.75, 3.05) is 19.6 Å². The van der Waals surface area contributed by atoms with E-state index < -0.39 is 0 Å². The Morgan fingerprint density at radius 1 is 1.00 bits per heavy atom. The predicted octanol–water partition coefficient (Wildman–Crippen LogP) is 3.75. The Morgan fingerprint density at radius 2 is 1.50 bits per heavy atom. The first-order valence-electron chi connectivity index (χ1n) is 7.74. The van der Waals surface area contributed by atoms with Crippen molar-refractivity contribution in [1.29, 1.82) is 0 Å². The molecule has 0 aromatic rings. The predicted molar refractivity (Wildman–Crippen MR) is 77.7 cm³/mol. The Hall–Kier alpha value is -0.370. The molecule has 0 radical (unpaired) electrons. The van der Waals surface area contributed by atoms with Crippen molar-refractivity contribution in [3.8, 4) is 0 Å². The summed E-state index contributed by atoms with van der Waals surface area (Å²) in [4.78, 5) is 14.7. The number of hydrogen-bond donors (Lipinski definition) is 0. The van der Waals surface area contributed by atoms with Gasteiger partial charge in [0.15, 0.2) is 0 Å². The third kappa shape index (κ3) is 5.99. The van der Waals surface area contributed by atoms with Crippen molar-refractivity contribution in [2.45, 2.75) is 59.8 Å². The van der Waals surface area contributed by atoms with E-state index in [9.17, 15) is 4.79 Å². The lowest BCUT2D eigenvalue weighted by Crippen LogP contribution is -2.38. The highest BCUT2D eigenvalue weighted by Gasteiger charge is 2.23. The molecule has 0 aliphatic heterocycles. The lowest BCUT2D eigenvalue weighted by atomic mass is 9.86. The standard InChI is InChI=1S/C16H31NO/c1-13(2)10-17(11-14(3)4)12-16(18)15-8-6-5-7-9-15/h13-15H,5-12H2,1-4H3. The number of Topliss-reactive ketones (excluding diaryl/α,β-unsaturated/α-hetero) is 1. The van der Waals surface area contributed by atoms with E-state index in [1.807, 2.05) is 0 Å². The second-order valence-electron chi connectivity index (χ2n) is 6.78. The zero-order chi connectivity index (χ0) is 13.5. The first-order valence-corrected chi connectivity index (χ1v) is 7.74. The van der Waals surface area contributed by atoms with Gasteiger partial charge < -0.3 is 0 Å². The number of hydrogen-bond acceptors (Lipinski definition) is 2. The summed E-state index contributed by atoms with van der Waals surface area (Å²) in [7, 11) is 0. The largest absolute Gasteiger partial charge is 0.298 e. The normalized spacial score (nSPS) is 17.9. The SMILES string of the molecule is CC(C)CN(CC(=O)C1CCCCC1)CC(C)C. The molecule has 18 heavy (non-hydrogen) atoms. The minimum Gasteiger partial charge on any atom is -0.298 e.